The third kappa shape index (κ3) is 4.24. The van der Waals surface area contributed by atoms with Crippen LogP contribution in [0.1, 0.15) is 13.3 Å². The monoisotopic (exact) mass is 302 g/mol. The predicted molar refractivity (Wildman–Crippen MR) is 43.0 cm³/mol. The van der Waals surface area contributed by atoms with Crippen molar-refractivity contribution < 1.29 is 49.4 Å². The van der Waals surface area contributed by atoms with Crippen LogP contribution in [0.2, 0.25) is 0 Å². The van der Waals surface area contributed by atoms with Gasteiger partial charge in [0.1, 0.15) is 0 Å². The number of ether oxygens (including phenoxy) is 2. The maximum Gasteiger partial charge on any atom is 0.520 e. The minimum absolute atomic E-state index is 0.799. The molecule has 1 atom stereocenters. The van der Waals surface area contributed by atoms with Crippen LogP contribution in [-0.4, -0.2) is 24.4 Å². The molecule has 1 unspecified atom stereocenters. The summed E-state index contributed by atoms with van der Waals surface area (Å²) in [6, 6.07) is -2.91. The molecule has 112 valence electrons. The first-order valence-corrected chi connectivity index (χ1v) is 4.47. The van der Waals surface area contributed by atoms with Crippen molar-refractivity contribution in [1.82, 2.24) is 0 Å². The Morgan fingerprint density at radius 1 is 1.16 bits per heavy atom. The molecule has 0 radical (unpaired) electrons. The number of hydrogen-bond acceptors (Lipinski definition) is 3. The number of carbonyl (C=O) groups is 1. The summed E-state index contributed by atoms with van der Waals surface area (Å²) < 4.78 is 104. The average Bonchev–Trinajstić information content (AvgIpc) is 2.26. The fourth-order valence-corrected chi connectivity index (χ4v) is 0.744. The third-order valence-electron chi connectivity index (χ3n) is 1.67. The van der Waals surface area contributed by atoms with Crippen LogP contribution < -0.4 is 0 Å². The van der Waals surface area contributed by atoms with Crippen LogP contribution >= 0.6 is 0 Å². The Kier molecular flexibility index (Phi) is 5.57. The van der Waals surface area contributed by atoms with Crippen molar-refractivity contribution in [1.29, 1.82) is 0 Å². The van der Waals surface area contributed by atoms with E-state index in [9.17, 15) is 39.9 Å². The van der Waals surface area contributed by atoms with Gasteiger partial charge in [0.2, 0.25) is 0 Å². The van der Waals surface area contributed by atoms with Gasteiger partial charge < -0.3 is 9.47 Å². The second-order valence-electron chi connectivity index (χ2n) is 3.00. The minimum Gasteiger partial charge on any atom is -0.363 e. The van der Waals surface area contributed by atoms with E-state index in [-0.39, 0.29) is 0 Å². The lowest BCUT2D eigenvalue weighted by Crippen LogP contribution is -2.50. The van der Waals surface area contributed by atoms with Gasteiger partial charge in [0.05, 0.1) is 0 Å². The Morgan fingerprint density at radius 2 is 1.63 bits per heavy atom. The maximum atomic E-state index is 12.7. The average molecular weight is 302 g/mol. The summed E-state index contributed by atoms with van der Waals surface area (Å²) in [6.45, 7) is 0.799. The first-order chi connectivity index (χ1) is 8.45. The zero-order valence-electron chi connectivity index (χ0n) is 9.03. The molecule has 0 aliphatic rings. The zero-order chi connectivity index (χ0) is 15.4. The van der Waals surface area contributed by atoms with Crippen LogP contribution in [0.4, 0.5) is 39.9 Å². The summed E-state index contributed by atoms with van der Waals surface area (Å²) in [5.41, 5.74) is 0. The van der Waals surface area contributed by atoms with Gasteiger partial charge in [-0.3, -0.25) is 0 Å². The number of hydrogen-bond donors (Lipinski definition) is 0. The van der Waals surface area contributed by atoms with E-state index >= 15 is 0 Å². The minimum atomic E-state index is -5.70. The van der Waals surface area contributed by atoms with Crippen LogP contribution in [0.3, 0.4) is 0 Å². The first kappa shape index (κ1) is 17.4. The highest BCUT2D eigenvalue weighted by Gasteiger charge is 2.65. The molecule has 0 bridgehead atoms. The number of alkyl halides is 5. The normalized spacial score (nSPS) is 13.7. The molecule has 11 heteroatoms. The second-order valence-corrected chi connectivity index (χ2v) is 3.00. The van der Waals surface area contributed by atoms with Crippen LogP contribution in [-0.2, 0) is 9.47 Å². The van der Waals surface area contributed by atoms with Gasteiger partial charge in [-0.2, -0.15) is 30.7 Å². The Labute approximate surface area is 100 Å². The highest BCUT2D eigenvalue weighted by Crippen LogP contribution is 2.40. The largest absolute Gasteiger partial charge is 0.520 e. The van der Waals surface area contributed by atoms with Gasteiger partial charge in [-0.1, -0.05) is 6.92 Å². The first-order valence-electron chi connectivity index (χ1n) is 4.47. The molecule has 0 aromatic carbocycles. The van der Waals surface area contributed by atoms with Crippen molar-refractivity contribution in [2.75, 3.05) is 0 Å². The fourth-order valence-electron chi connectivity index (χ4n) is 0.744. The molecule has 3 nitrogen and oxygen atoms in total. The van der Waals surface area contributed by atoms with Gasteiger partial charge in [-0.25, -0.2) is 9.18 Å². The smallest absolute Gasteiger partial charge is 0.363 e. The van der Waals surface area contributed by atoms with Gasteiger partial charge in [-0.05, 0) is 6.42 Å². The summed E-state index contributed by atoms with van der Waals surface area (Å²) in [4.78, 5) is 10.3. The van der Waals surface area contributed by atoms with Crippen molar-refractivity contribution in [2.24, 2.45) is 0 Å². The lowest BCUT2D eigenvalue weighted by molar-refractivity contribution is -0.343. The molecule has 0 saturated carbocycles. The molecule has 0 aliphatic carbocycles. The number of halogens is 8. The second kappa shape index (κ2) is 6.06. The number of carbonyl (C=O) groups excluding carboxylic acids is 1. The molecule has 0 amide bonds. The molecule has 0 N–H and O–H groups in total. The van der Waals surface area contributed by atoms with Crippen LogP contribution in [0.5, 0.6) is 0 Å². The lowest BCUT2D eigenvalue weighted by Gasteiger charge is -2.26. The highest BCUT2D eigenvalue weighted by atomic mass is 19.3. The van der Waals surface area contributed by atoms with E-state index in [2.05, 4.69) is 9.47 Å². The Bertz CT molecular complexity index is 363. The summed E-state index contributed by atoms with van der Waals surface area (Å²) in [5, 5.41) is 0. The highest BCUT2D eigenvalue weighted by molar-refractivity contribution is 5.61. The molecular formula is C8H6F8O3. The molecule has 0 aromatic heterocycles. The molecule has 0 rings (SSSR count). The number of rotatable bonds is 5. The lowest BCUT2D eigenvalue weighted by atomic mass is 10.1. The van der Waals surface area contributed by atoms with E-state index in [0.29, 0.717) is 0 Å². The van der Waals surface area contributed by atoms with Gasteiger partial charge in [0, 0.05) is 0 Å². The molecule has 19 heavy (non-hydrogen) atoms. The van der Waals surface area contributed by atoms with Crippen molar-refractivity contribution in [3.05, 3.63) is 12.1 Å². The Hall–Kier alpha value is -1.55. The summed E-state index contributed by atoms with van der Waals surface area (Å²) >= 11 is 0. The van der Waals surface area contributed by atoms with Gasteiger partial charge >= 0.3 is 30.3 Å². The summed E-state index contributed by atoms with van der Waals surface area (Å²) in [5.74, 6) is -5.44. The molecule has 0 aromatic rings. The van der Waals surface area contributed by atoms with Gasteiger partial charge in [0.25, 0.3) is 0 Å². The Morgan fingerprint density at radius 3 is 2.00 bits per heavy atom. The van der Waals surface area contributed by atoms with E-state index in [4.69, 9.17) is 0 Å². The van der Waals surface area contributed by atoms with Crippen molar-refractivity contribution in [3.8, 4) is 0 Å². The fraction of sp³-hybridized carbons (Fsp3) is 0.625. The van der Waals surface area contributed by atoms with Crippen LogP contribution in [0.15, 0.2) is 12.1 Å². The van der Waals surface area contributed by atoms with Crippen molar-refractivity contribution in [2.45, 2.75) is 31.5 Å². The van der Waals surface area contributed by atoms with Crippen molar-refractivity contribution in [3.63, 3.8) is 0 Å². The SMILES string of the molecule is CCC(F)C(F)(F)C(F)(F)OC(=O)OC(F)=C(F)F. The summed E-state index contributed by atoms with van der Waals surface area (Å²) in [7, 11) is 0. The topological polar surface area (TPSA) is 35.5 Å². The molecular weight excluding hydrogens is 296 g/mol. The maximum absolute atomic E-state index is 12.7. The van der Waals surface area contributed by atoms with Crippen LogP contribution in [0, 0.1) is 0 Å². The Balaban J connectivity index is 4.87. The van der Waals surface area contributed by atoms with E-state index in [0.717, 1.165) is 6.92 Å². The van der Waals surface area contributed by atoms with E-state index in [1.165, 1.54) is 0 Å². The van der Waals surface area contributed by atoms with Gasteiger partial charge in [-0.15, -0.1) is 0 Å². The van der Waals surface area contributed by atoms with Crippen LogP contribution in [0.25, 0.3) is 0 Å². The van der Waals surface area contributed by atoms with E-state index in [1.807, 2.05) is 0 Å². The molecule has 0 fully saturated rings. The third-order valence-corrected chi connectivity index (χ3v) is 1.67. The zero-order valence-corrected chi connectivity index (χ0v) is 9.03. The predicted octanol–water partition coefficient (Wildman–Crippen LogP) is 4.15. The standard InChI is InChI=1S/C8H6F8O3/c1-2-3(9)7(13,14)8(15,16)19-6(17)18-5(12)4(10)11/h3H,2H2,1H3. The van der Waals surface area contributed by atoms with Gasteiger partial charge in [0.15, 0.2) is 6.17 Å². The molecule has 0 aliphatic heterocycles. The quantitative estimate of drug-likeness (QED) is 0.435. The molecule has 0 spiro atoms. The van der Waals surface area contributed by atoms with Crippen molar-refractivity contribution >= 4 is 6.16 Å². The van der Waals surface area contributed by atoms with E-state index < -0.39 is 42.9 Å². The van der Waals surface area contributed by atoms with E-state index in [1.54, 1.807) is 0 Å². The molecule has 0 saturated heterocycles. The molecule has 0 heterocycles. The summed E-state index contributed by atoms with van der Waals surface area (Å²) in [6.07, 6.45) is -16.2.